The van der Waals surface area contributed by atoms with E-state index in [0.717, 1.165) is 5.56 Å². The zero-order valence-corrected chi connectivity index (χ0v) is 14.7. The standard InChI is InChI=1S/C20H19N5O2/c1-13(14-7-3-2-4-8-14)19(26)25-18-12-22-17(11-23-18)20(27)24-16-10-6-5-9-15(16)21/h2-13H,21H2,1H3,(H,24,27)(H,23,25,26). The number of carbonyl (C=O) groups excluding carboxylic acids is 2. The molecule has 0 spiro atoms. The lowest BCUT2D eigenvalue weighted by Gasteiger charge is -2.12. The number of anilines is 3. The van der Waals surface area contributed by atoms with Gasteiger partial charge in [-0.25, -0.2) is 9.97 Å². The van der Waals surface area contributed by atoms with Gasteiger partial charge in [0.05, 0.1) is 29.7 Å². The number of nitrogens with zero attached hydrogens (tertiary/aromatic N) is 2. The van der Waals surface area contributed by atoms with Crippen LogP contribution >= 0.6 is 0 Å². The third-order valence-electron chi connectivity index (χ3n) is 4.04. The third-order valence-corrected chi connectivity index (χ3v) is 4.04. The second kappa shape index (κ2) is 8.09. The molecule has 1 atom stereocenters. The summed E-state index contributed by atoms with van der Waals surface area (Å²) in [5.74, 6) is -0.698. The predicted octanol–water partition coefficient (Wildman–Crippen LogP) is 3.05. The molecule has 0 bridgehead atoms. The van der Waals surface area contributed by atoms with Crippen LogP contribution in [0.15, 0.2) is 67.0 Å². The molecule has 0 aliphatic rings. The Morgan fingerprint density at radius 2 is 1.63 bits per heavy atom. The number of rotatable bonds is 5. The second-order valence-corrected chi connectivity index (χ2v) is 5.95. The fourth-order valence-corrected chi connectivity index (χ4v) is 2.43. The summed E-state index contributed by atoms with van der Waals surface area (Å²) in [6.07, 6.45) is 2.65. The molecule has 0 radical (unpaired) electrons. The Morgan fingerprint density at radius 1 is 0.926 bits per heavy atom. The van der Waals surface area contributed by atoms with Crippen molar-refractivity contribution in [3.63, 3.8) is 0 Å². The first-order valence-corrected chi connectivity index (χ1v) is 8.38. The van der Waals surface area contributed by atoms with Crippen molar-refractivity contribution in [2.45, 2.75) is 12.8 Å². The molecule has 7 heteroatoms. The van der Waals surface area contributed by atoms with E-state index in [0.29, 0.717) is 11.4 Å². The molecule has 0 aliphatic heterocycles. The van der Waals surface area contributed by atoms with E-state index in [2.05, 4.69) is 20.6 Å². The lowest BCUT2D eigenvalue weighted by molar-refractivity contribution is -0.117. The molecule has 7 nitrogen and oxygen atoms in total. The average Bonchev–Trinajstić information content (AvgIpc) is 2.70. The Labute approximate surface area is 156 Å². The topological polar surface area (TPSA) is 110 Å². The van der Waals surface area contributed by atoms with Crippen LogP contribution in [0.5, 0.6) is 0 Å². The van der Waals surface area contributed by atoms with Crippen molar-refractivity contribution in [2.75, 3.05) is 16.4 Å². The molecule has 0 saturated heterocycles. The molecule has 3 rings (SSSR count). The highest BCUT2D eigenvalue weighted by atomic mass is 16.2. The van der Waals surface area contributed by atoms with Gasteiger partial charge in [0, 0.05) is 0 Å². The third kappa shape index (κ3) is 4.46. The Morgan fingerprint density at radius 3 is 2.30 bits per heavy atom. The van der Waals surface area contributed by atoms with Crippen LogP contribution in [-0.4, -0.2) is 21.8 Å². The lowest BCUT2D eigenvalue weighted by Crippen LogP contribution is -2.20. The maximum atomic E-state index is 12.3. The van der Waals surface area contributed by atoms with Crippen LogP contribution < -0.4 is 16.4 Å². The van der Waals surface area contributed by atoms with Gasteiger partial charge in [0.15, 0.2) is 5.82 Å². The van der Waals surface area contributed by atoms with Crippen molar-refractivity contribution in [2.24, 2.45) is 0 Å². The molecule has 1 unspecified atom stereocenters. The molecular weight excluding hydrogens is 342 g/mol. The number of amides is 2. The zero-order chi connectivity index (χ0) is 19.2. The molecule has 3 aromatic rings. The minimum absolute atomic E-state index is 0.118. The van der Waals surface area contributed by atoms with E-state index in [1.54, 1.807) is 24.3 Å². The number of para-hydroxylation sites is 2. The van der Waals surface area contributed by atoms with E-state index in [1.807, 2.05) is 37.3 Å². The smallest absolute Gasteiger partial charge is 0.275 e. The van der Waals surface area contributed by atoms with Crippen LogP contribution in [-0.2, 0) is 4.79 Å². The van der Waals surface area contributed by atoms with Crippen LogP contribution in [0.3, 0.4) is 0 Å². The predicted molar refractivity (Wildman–Crippen MR) is 104 cm³/mol. The molecule has 1 heterocycles. The molecule has 0 aliphatic carbocycles. The number of hydrogen-bond acceptors (Lipinski definition) is 5. The van der Waals surface area contributed by atoms with Crippen LogP contribution in [0.4, 0.5) is 17.2 Å². The van der Waals surface area contributed by atoms with Gasteiger partial charge in [-0.3, -0.25) is 9.59 Å². The number of nitrogens with one attached hydrogen (secondary N) is 2. The van der Waals surface area contributed by atoms with Crippen molar-refractivity contribution in [3.8, 4) is 0 Å². The number of carbonyl (C=O) groups is 2. The Bertz CT molecular complexity index is 942. The van der Waals surface area contributed by atoms with Crippen molar-refractivity contribution in [1.82, 2.24) is 9.97 Å². The van der Waals surface area contributed by atoms with E-state index >= 15 is 0 Å². The van der Waals surface area contributed by atoms with Crippen LogP contribution in [0.25, 0.3) is 0 Å². The van der Waals surface area contributed by atoms with E-state index in [9.17, 15) is 9.59 Å². The second-order valence-electron chi connectivity index (χ2n) is 5.95. The number of benzene rings is 2. The first-order chi connectivity index (χ1) is 13.0. The van der Waals surface area contributed by atoms with Gasteiger partial charge in [-0.2, -0.15) is 0 Å². The quantitative estimate of drug-likeness (QED) is 0.605. The van der Waals surface area contributed by atoms with Crippen molar-refractivity contribution >= 4 is 29.0 Å². The van der Waals surface area contributed by atoms with Gasteiger partial charge >= 0.3 is 0 Å². The summed E-state index contributed by atoms with van der Waals surface area (Å²) in [5.41, 5.74) is 7.78. The highest BCUT2D eigenvalue weighted by Gasteiger charge is 2.16. The summed E-state index contributed by atoms with van der Waals surface area (Å²) in [5, 5.41) is 5.37. The van der Waals surface area contributed by atoms with Gasteiger partial charge < -0.3 is 16.4 Å². The summed E-state index contributed by atoms with van der Waals surface area (Å²) in [6, 6.07) is 16.4. The number of nitrogens with two attached hydrogens (primary N) is 1. The molecule has 1 aromatic heterocycles. The van der Waals surface area contributed by atoms with Gasteiger partial charge in [0.2, 0.25) is 5.91 Å². The minimum atomic E-state index is -0.434. The summed E-state index contributed by atoms with van der Waals surface area (Å²) in [7, 11) is 0. The Kier molecular flexibility index (Phi) is 5.41. The van der Waals surface area contributed by atoms with Crippen LogP contribution in [0, 0.1) is 0 Å². The SMILES string of the molecule is CC(C(=O)Nc1cnc(C(=O)Nc2ccccc2N)cn1)c1ccccc1. The lowest BCUT2D eigenvalue weighted by atomic mass is 10.0. The first kappa shape index (κ1) is 18.1. The Balaban J connectivity index is 1.64. The molecule has 0 fully saturated rings. The average molecular weight is 361 g/mol. The normalized spacial score (nSPS) is 11.4. The fraction of sp³-hybridized carbons (Fsp3) is 0.100. The van der Waals surface area contributed by atoms with Crippen molar-refractivity contribution in [3.05, 3.63) is 78.2 Å². The van der Waals surface area contributed by atoms with E-state index < -0.39 is 5.91 Å². The van der Waals surface area contributed by atoms with Gasteiger partial charge in [-0.1, -0.05) is 42.5 Å². The first-order valence-electron chi connectivity index (χ1n) is 8.38. The summed E-state index contributed by atoms with van der Waals surface area (Å²) >= 11 is 0. The molecule has 4 N–H and O–H groups in total. The highest BCUT2D eigenvalue weighted by molar-refractivity contribution is 6.04. The van der Waals surface area contributed by atoms with Gasteiger partial charge in [0.1, 0.15) is 5.69 Å². The monoisotopic (exact) mass is 361 g/mol. The van der Waals surface area contributed by atoms with Crippen molar-refractivity contribution < 1.29 is 9.59 Å². The van der Waals surface area contributed by atoms with Crippen molar-refractivity contribution in [1.29, 1.82) is 0 Å². The maximum Gasteiger partial charge on any atom is 0.275 e. The van der Waals surface area contributed by atoms with Crippen LogP contribution in [0.2, 0.25) is 0 Å². The molecule has 2 amide bonds. The zero-order valence-electron chi connectivity index (χ0n) is 14.7. The number of hydrogen-bond donors (Lipinski definition) is 3. The van der Waals surface area contributed by atoms with E-state index in [-0.39, 0.29) is 23.3 Å². The van der Waals surface area contributed by atoms with Gasteiger partial charge in [-0.05, 0) is 24.6 Å². The van der Waals surface area contributed by atoms with E-state index in [1.165, 1.54) is 12.4 Å². The Hall–Kier alpha value is -3.74. The molecule has 2 aromatic carbocycles. The summed E-state index contributed by atoms with van der Waals surface area (Å²) in [6.45, 7) is 1.81. The van der Waals surface area contributed by atoms with Crippen LogP contribution in [0.1, 0.15) is 28.9 Å². The van der Waals surface area contributed by atoms with E-state index in [4.69, 9.17) is 5.73 Å². The summed E-state index contributed by atoms with van der Waals surface area (Å²) in [4.78, 5) is 32.7. The molecule has 0 saturated carbocycles. The summed E-state index contributed by atoms with van der Waals surface area (Å²) < 4.78 is 0. The van der Waals surface area contributed by atoms with Gasteiger partial charge in [0.25, 0.3) is 5.91 Å². The maximum absolute atomic E-state index is 12.3. The van der Waals surface area contributed by atoms with Gasteiger partial charge in [-0.15, -0.1) is 0 Å². The highest BCUT2D eigenvalue weighted by Crippen LogP contribution is 2.18. The number of aromatic nitrogens is 2. The minimum Gasteiger partial charge on any atom is -0.397 e. The number of nitrogen functional groups attached to an aromatic ring is 1. The molecule has 27 heavy (non-hydrogen) atoms. The molecular formula is C20H19N5O2. The molecule has 136 valence electrons. The fourth-order valence-electron chi connectivity index (χ4n) is 2.43. The largest absolute Gasteiger partial charge is 0.397 e.